The van der Waals surface area contributed by atoms with E-state index < -0.39 is 11.9 Å². The van der Waals surface area contributed by atoms with E-state index in [1.54, 1.807) is 32.2 Å². The van der Waals surface area contributed by atoms with Crippen molar-refractivity contribution in [1.29, 1.82) is 0 Å². The molecule has 0 spiro atoms. The molecule has 0 aliphatic rings. The second-order valence-electron chi connectivity index (χ2n) is 6.40. The second-order valence-corrected chi connectivity index (χ2v) is 6.81. The van der Waals surface area contributed by atoms with Gasteiger partial charge in [-0.2, -0.15) is 0 Å². The normalized spacial score (nSPS) is 12.0. The van der Waals surface area contributed by atoms with Gasteiger partial charge in [0.15, 0.2) is 11.5 Å². The van der Waals surface area contributed by atoms with Crippen molar-refractivity contribution in [3.63, 3.8) is 0 Å². The number of nitrogens with zero attached hydrogens (tertiary/aromatic N) is 2. The van der Waals surface area contributed by atoms with Gasteiger partial charge in [-0.3, -0.25) is 0 Å². The first-order valence-corrected chi connectivity index (χ1v) is 9.42. The van der Waals surface area contributed by atoms with Gasteiger partial charge in [0, 0.05) is 30.2 Å². The van der Waals surface area contributed by atoms with Gasteiger partial charge in [0.05, 0.1) is 23.8 Å². The molecule has 3 N–H and O–H groups in total. The van der Waals surface area contributed by atoms with E-state index in [0.29, 0.717) is 53.6 Å². The zero-order valence-corrected chi connectivity index (χ0v) is 16.8. The van der Waals surface area contributed by atoms with Gasteiger partial charge in [-0.25, -0.2) is 14.4 Å². The van der Waals surface area contributed by atoms with E-state index in [4.69, 9.17) is 21.1 Å². The lowest BCUT2D eigenvalue weighted by Crippen LogP contribution is -2.28. The van der Waals surface area contributed by atoms with Gasteiger partial charge >= 0.3 is 0 Å². The van der Waals surface area contributed by atoms with Gasteiger partial charge in [0.2, 0.25) is 0 Å². The molecule has 2 aromatic carbocycles. The van der Waals surface area contributed by atoms with Crippen LogP contribution in [0, 0.1) is 5.82 Å². The Hall–Kier alpha value is -2.68. The standard InChI is InChI=1S/C20H22ClFN4O3/c1-12(27)10-23-5-6-29-19-8-14-17(9-18(19)28-2)24-11-25-20(14)26-13-3-4-16(22)15(21)7-13/h3-4,7-9,11-12,23,27H,5-6,10H2,1-2H3,(H,24,25,26). The van der Waals surface area contributed by atoms with Crippen molar-refractivity contribution in [2.24, 2.45) is 0 Å². The van der Waals surface area contributed by atoms with Crippen LogP contribution in [0.25, 0.3) is 10.9 Å². The van der Waals surface area contributed by atoms with E-state index in [0.717, 1.165) is 0 Å². The van der Waals surface area contributed by atoms with E-state index >= 15 is 0 Å². The first kappa shape index (κ1) is 21.0. The molecular formula is C20H22ClFN4O3. The summed E-state index contributed by atoms with van der Waals surface area (Å²) in [5.74, 6) is 1.11. The van der Waals surface area contributed by atoms with E-state index in [-0.39, 0.29) is 5.02 Å². The minimum Gasteiger partial charge on any atom is -0.493 e. The molecule has 1 unspecified atom stereocenters. The summed E-state index contributed by atoms with van der Waals surface area (Å²) in [6.07, 6.45) is 1.01. The maximum absolute atomic E-state index is 13.4. The second kappa shape index (κ2) is 9.69. The van der Waals surface area contributed by atoms with Gasteiger partial charge < -0.3 is 25.2 Å². The highest BCUT2D eigenvalue weighted by Gasteiger charge is 2.12. The number of anilines is 2. The van der Waals surface area contributed by atoms with Gasteiger partial charge in [0.1, 0.15) is 24.6 Å². The van der Waals surface area contributed by atoms with Crippen molar-refractivity contribution < 1.29 is 19.0 Å². The molecule has 0 radical (unpaired) electrons. The van der Waals surface area contributed by atoms with E-state index in [9.17, 15) is 9.50 Å². The molecule has 0 aliphatic carbocycles. The molecular weight excluding hydrogens is 399 g/mol. The number of fused-ring (bicyclic) bond motifs is 1. The van der Waals surface area contributed by atoms with Crippen molar-refractivity contribution in [1.82, 2.24) is 15.3 Å². The molecule has 9 heteroatoms. The molecule has 1 atom stereocenters. The third kappa shape index (κ3) is 5.44. The van der Waals surface area contributed by atoms with Gasteiger partial charge in [0.25, 0.3) is 0 Å². The average molecular weight is 421 g/mol. The highest BCUT2D eigenvalue weighted by molar-refractivity contribution is 6.31. The van der Waals surface area contributed by atoms with Crippen LogP contribution in [-0.2, 0) is 0 Å². The lowest BCUT2D eigenvalue weighted by atomic mass is 10.2. The number of hydrogen-bond acceptors (Lipinski definition) is 7. The van der Waals surface area contributed by atoms with Crippen molar-refractivity contribution in [3.8, 4) is 11.5 Å². The Balaban J connectivity index is 1.84. The monoisotopic (exact) mass is 420 g/mol. The Morgan fingerprint density at radius 2 is 2.03 bits per heavy atom. The molecule has 0 amide bonds. The number of rotatable bonds is 9. The third-order valence-electron chi connectivity index (χ3n) is 4.08. The number of ether oxygens (including phenoxy) is 2. The van der Waals surface area contributed by atoms with Crippen LogP contribution >= 0.6 is 11.6 Å². The molecule has 0 aliphatic heterocycles. The summed E-state index contributed by atoms with van der Waals surface area (Å²) in [4.78, 5) is 8.57. The summed E-state index contributed by atoms with van der Waals surface area (Å²) in [5.41, 5.74) is 1.25. The van der Waals surface area contributed by atoms with Crippen molar-refractivity contribution in [2.45, 2.75) is 13.0 Å². The van der Waals surface area contributed by atoms with Crippen LogP contribution < -0.4 is 20.1 Å². The Morgan fingerprint density at radius 3 is 2.76 bits per heavy atom. The van der Waals surface area contributed by atoms with E-state index in [1.165, 1.54) is 18.5 Å². The number of methoxy groups -OCH3 is 1. The van der Waals surface area contributed by atoms with Gasteiger partial charge in [-0.15, -0.1) is 0 Å². The Morgan fingerprint density at radius 1 is 1.21 bits per heavy atom. The number of hydrogen-bond donors (Lipinski definition) is 3. The predicted molar refractivity (Wildman–Crippen MR) is 111 cm³/mol. The number of benzene rings is 2. The number of halogens is 2. The van der Waals surface area contributed by atoms with Crippen LogP contribution in [0.2, 0.25) is 5.02 Å². The van der Waals surface area contributed by atoms with Crippen LogP contribution in [0.4, 0.5) is 15.9 Å². The van der Waals surface area contributed by atoms with Crippen molar-refractivity contribution in [2.75, 3.05) is 32.1 Å². The zero-order chi connectivity index (χ0) is 20.8. The Bertz CT molecular complexity index is 987. The molecule has 1 aromatic heterocycles. The molecule has 3 rings (SSSR count). The molecule has 3 aromatic rings. The summed E-state index contributed by atoms with van der Waals surface area (Å²) in [7, 11) is 1.56. The van der Waals surface area contributed by atoms with Crippen molar-refractivity contribution >= 4 is 34.0 Å². The van der Waals surface area contributed by atoms with E-state index in [2.05, 4.69) is 20.6 Å². The summed E-state index contributed by atoms with van der Waals surface area (Å²) < 4.78 is 24.7. The first-order chi connectivity index (χ1) is 14.0. The largest absolute Gasteiger partial charge is 0.493 e. The highest BCUT2D eigenvalue weighted by Crippen LogP contribution is 2.35. The minimum absolute atomic E-state index is 0.0174. The smallest absolute Gasteiger partial charge is 0.162 e. The summed E-state index contributed by atoms with van der Waals surface area (Å²) in [6, 6.07) is 7.89. The number of aliphatic hydroxyl groups excluding tert-OH is 1. The maximum Gasteiger partial charge on any atom is 0.162 e. The zero-order valence-electron chi connectivity index (χ0n) is 16.1. The fourth-order valence-corrected chi connectivity index (χ4v) is 2.87. The third-order valence-corrected chi connectivity index (χ3v) is 4.37. The molecule has 0 saturated carbocycles. The van der Waals surface area contributed by atoms with Gasteiger partial charge in [-0.05, 0) is 31.2 Å². The maximum atomic E-state index is 13.4. The average Bonchev–Trinajstić information content (AvgIpc) is 2.70. The quantitative estimate of drug-likeness (QED) is 0.456. The fourth-order valence-electron chi connectivity index (χ4n) is 2.69. The van der Waals surface area contributed by atoms with Crippen LogP contribution in [0.1, 0.15) is 6.92 Å². The molecule has 0 fully saturated rings. The Labute approximate surface area is 172 Å². The van der Waals surface area contributed by atoms with Gasteiger partial charge in [-0.1, -0.05) is 11.6 Å². The molecule has 154 valence electrons. The van der Waals surface area contributed by atoms with Crippen LogP contribution in [0.3, 0.4) is 0 Å². The Kier molecular flexibility index (Phi) is 7.03. The number of nitrogens with one attached hydrogen (secondary N) is 2. The predicted octanol–water partition coefficient (Wildman–Crippen LogP) is 3.52. The highest BCUT2D eigenvalue weighted by atomic mass is 35.5. The fraction of sp³-hybridized carbons (Fsp3) is 0.300. The topological polar surface area (TPSA) is 88.5 Å². The lowest BCUT2D eigenvalue weighted by Gasteiger charge is -2.14. The molecule has 0 saturated heterocycles. The molecule has 0 bridgehead atoms. The van der Waals surface area contributed by atoms with Crippen LogP contribution in [0.15, 0.2) is 36.7 Å². The van der Waals surface area contributed by atoms with Crippen LogP contribution in [-0.4, -0.2) is 48.0 Å². The molecule has 1 heterocycles. The summed E-state index contributed by atoms with van der Waals surface area (Å²) in [5, 5.41) is 16.2. The minimum atomic E-state index is -0.491. The molecule has 7 nitrogen and oxygen atoms in total. The number of aliphatic hydroxyl groups is 1. The van der Waals surface area contributed by atoms with Crippen molar-refractivity contribution in [3.05, 3.63) is 47.5 Å². The SMILES string of the molecule is COc1cc2ncnc(Nc3ccc(F)c(Cl)c3)c2cc1OCCNCC(C)O. The number of aromatic nitrogens is 2. The lowest BCUT2D eigenvalue weighted by molar-refractivity contribution is 0.187. The summed E-state index contributed by atoms with van der Waals surface area (Å²) in [6.45, 7) is 3.15. The van der Waals surface area contributed by atoms with E-state index in [1.807, 2.05) is 0 Å². The first-order valence-electron chi connectivity index (χ1n) is 9.04. The molecule has 29 heavy (non-hydrogen) atoms. The van der Waals surface area contributed by atoms with Crippen LogP contribution in [0.5, 0.6) is 11.5 Å². The summed E-state index contributed by atoms with van der Waals surface area (Å²) >= 11 is 5.86.